The summed E-state index contributed by atoms with van der Waals surface area (Å²) >= 11 is 2.17. The van der Waals surface area contributed by atoms with E-state index in [0.29, 0.717) is 23.4 Å². The van der Waals surface area contributed by atoms with Crippen LogP contribution in [0.5, 0.6) is 0 Å². The number of hydrazone groups is 1. The summed E-state index contributed by atoms with van der Waals surface area (Å²) in [5.41, 5.74) is 3.61. The molecule has 2 aromatic heterocycles. The van der Waals surface area contributed by atoms with Gasteiger partial charge in [-0.3, -0.25) is 19.4 Å². The highest BCUT2D eigenvalue weighted by molar-refractivity contribution is 8.03. The number of benzene rings is 1. The van der Waals surface area contributed by atoms with Crippen LogP contribution in [-0.2, 0) is 17.4 Å². The van der Waals surface area contributed by atoms with Gasteiger partial charge in [-0.1, -0.05) is 12.1 Å². The third-order valence-corrected chi connectivity index (χ3v) is 7.80. The first-order valence-electron chi connectivity index (χ1n) is 11.3. The van der Waals surface area contributed by atoms with Gasteiger partial charge < -0.3 is 5.32 Å². The number of aromatic nitrogens is 1. The van der Waals surface area contributed by atoms with Crippen LogP contribution >= 0.6 is 23.1 Å². The number of hydrogen-bond acceptors (Lipinski definition) is 7. The highest BCUT2D eigenvalue weighted by Crippen LogP contribution is 2.40. The Bertz CT molecular complexity index is 1400. The van der Waals surface area contributed by atoms with Gasteiger partial charge >= 0.3 is 6.18 Å². The number of nitrogens with one attached hydrogen (secondary N) is 2. The molecule has 3 heterocycles. The van der Waals surface area contributed by atoms with Crippen LogP contribution in [0.4, 0.5) is 13.2 Å². The van der Waals surface area contributed by atoms with Gasteiger partial charge in [0.25, 0.3) is 11.8 Å². The highest BCUT2D eigenvalue weighted by Gasteiger charge is 2.33. The zero-order valence-electron chi connectivity index (χ0n) is 19.9. The number of allylic oxidation sites excluding steroid dienone is 1. The quantitative estimate of drug-likeness (QED) is 0.293. The van der Waals surface area contributed by atoms with Crippen molar-refractivity contribution in [2.45, 2.75) is 24.8 Å². The number of pyridine rings is 1. The summed E-state index contributed by atoms with van der Waals surface area (Å²) < 4.78 is 38.4. The number of Topliss-reactive ketones (excluding diaryl/α,β-unsaturated/α-hetero) is 1. The van der Waals surface area contributed by atoms with Gasteiger partial charge in [0.05, 0.1) is 26.3 Å². The maximum absolute atomic E-state index is 12.8. The average molecular weight is 559 g/mol. The maximum Gasteiger partial charge on any atom is 0.416 e. The number of amides is 2. The van der Waals surface area contributed by atoms with E-state index >= 15 is 0 Å². The van der Waals surface area contributed by atoms with Gasteiger partial charge in [-0.15, -0.1) is 23.1 Å². The first-order chi connectivity index (χ1) is 18.1. The van der Waals surface area contributed by atoms with E-state index in [9.17, 15) is 27.6 Å². The molecular weight excluding hydrogens is 537 g/mol. The lowest BCUT2D eigenvalue weighted by Crippen LogP contribution is -2.24. The lowest BCUT2D eigenvalue weighted by Gasteiger charge is -2.11. The summed E-state index contributed by atoms with van der Waals surface area (Å²) in [6.07, 6.45) is -0.445. The second-order valence-corrected chi connectivity index (χ2v) is 10.3. The van der Waals surface area contributed by atoms with Crippen LogP contribution in [0.3, 0.4) is 0 Å². The summed E-state index contributed by atoms with van der Waals surface area (Å²) in [4.78, 5) is 42.4. The molecule has 2 N–H and O–H groups in total. The molecule has 0 radical (unpaired) electrons. The molecule has 7 nitrogen and oxygen atoms in total. The third-order valence-electron chi connectivity index (χ3n) is 5.58. The summed E-state index contributed by atoms with van der Waals surface area (Å²) in [5.74, 6) is -1.15. The molecule has 1 atom stereocenters. The molecule has 0 saturated heterocycles. The van der Waals surface area contributed by atoms with E-state index in [4.69, 9.17) is 0 Å². The molecule has 4 rings (SSSR count). The predicted molar refractivity (Wildman–Crippen MR) is 140 cm³/mol. The molecule has 2 amide bonds. The molecule has 1 aliphatic heterocycles. The number of rotatable bonds is 8. The van der Waals surface area contributed by atoms with Crippen molar-refractivity contribution < 1.29 is 27.6 Å². The number of nitrogens with zero attached hydrogens (tertiary/aromatic N) is 2. The molecule has 0 saturated carbocycles. The van der Waals surface area contributed by atoms with Crippen molar-refractivity contribution in [3.05, 3.63) is 98.4 Å². The first kappa shape index (κ1) is 27.3. The number of thiophene rings is 1. The number of ketones is 1. The van der Waals surface area contributed by atoms with Crippen LogP contribution in [0.15, 0.2) is 77.0 Å². The Morgan fingerprint density at radius 1 is 1.00 bits per heavy atom. The molecule has 1 aromatic carbocycles. The van der Waals surface area contributed by atoms with Crippen molar-refractivity contribution in [2.75, 3.05) is 6.54 Å². The van der Waals surface area contributed by atoms with E-state index in [0.717, 1.165) is 40.8 Å². The molecule has 12 heteroatoms. The van der Waals surface area contributed by atoms with E-state index in [2.05, 4.69) is 20.8 Å². The number of hydrogen-bond donors (Lipinski definition) is 2. The van der Waals surface area contributed by atoms with Crippen LogP contribution in [-0.4, -0.2) is 34.8 Å². The van der Waals surface area contributed by atoms with E-state index < -0.39 is 22.9 Å². The third kappa shape index (κ3) is 6.56. The number of thioether (sulfide) groups is 1. The second kappa shape index (κ2) is 11.7. The van der Waals surface area contributed by atoms with Gasteiger partial charge in [-0.25, -0.2) is 5.43 Å². The molecule has 0 bridgehead atoms. The molecule has 38 heavy (non-hydrogen) atoms. The SMILES string of the molecule is C/C(=N\NC(=O)c1ccc(C(=O)NCCc2ccncc2)s1)C1=CSC(c2ccc(C(F)(F)F)cc2)C1=O. The first-order valence-corrected chi connectivity index (χ1v) is 13.1. The Morgan fingerprint density at radius 3 is 2.32 bits per heavy atom. The Labute approximate surface area is 224 Å². The molecule has 1 unspecified atom stereocenters. The Morgan fingerprint density at radius 2 is 1.66 bits per heavy atom. The standard InChI is InChI=1S/C26H21F3N4O3S2/c1-15(19-14-37-23(22(19)34)17-2-4-18(5-3-17)26(27,28)29)32-33-25(36)21-7-6-20(38-21)24(35)31-13-10-16-8-11-30-12-9-16/h2-9,11-12,14,23H,10,13H2,1H3,(H,31,35)(H,33,36)/b32-15+. The molecule has 1 aliphatic rings. The van der Waals surface area contributed by atoms with Crippen LogP contribution in [0.1, 0.15) is 48.2 Å². The summed E-state index contributed by atoms with van der Waals surface area (Å²) in [6.45, 7) is 1.98. The average Bonchev–Trinajstić information content (AvgIpc) is 3.55. The minimum atomic E-state index is -4.45. The van der Waals surface area contributed by atoms with E-state index in [1.807, 2.05) is 12.1 Å². The lowest BCUT2D eigenvalue weighted by atomic mass is 10.0. The van der Waals surface area contributed by atoms with Crippen molar-refractivity contribution in [3.63, 3.8) is 0 Å². The van der Waals surface area contributed by atoms with Crippen LogP contribution in [0.2, 0.25) is 0 Å². The zero-order valence-corrected chi connectivity index (χ0v) is 21.5. The van der Waals surface area contributed by atoms with Crippen LogP contribution < -0.4 is 10.7 Å². The minimum Gasteiger partial charge on any atom is -0.351 e. The number of carbonyl (C=O) groups excluding carboxylic acids is 3. The maximum atomic E-state index is 12.8. The minimum absolute atomic E-state index is 0.260. The van der Waals surface area contributed by atoms with Gasteiger partial charge in [0.1, 0.15) is 0 Å². The fraction of sp³-hybridized carbons (Fsp3) is 0.192. The summed E-state index contributed by atoms with van der Waals surface area (Å²) in [6, 6.07) is 11.2. The zero-order chi connectivity index (χ0) is 27.3. The monoisotopic (exact) mass is 558 g/mol. The van der Waals surface area contributed by atoms with Crippen molar-refractivity contribution in [3.8, 4) is 0 Å². The largest absolute Gasteiger partial charge is 0.416 e. The van der Waals surface area contributed by atoms with Crippen molar-refractivity contribution in [1.29, 1.82) is 0 Å². The van der Waals surface area contributed by atoms with E-state index in [1.165, 1.54) is 18.2 Å². The predicted octanol–water partition coefficient (Wildman–Crippen LogP) is 5.18. The molecule has 0 fully saturated rings. The molecular formula is C26H21F3N4O3S2. The van der Waals surface area contributed by atoms with Gasteiger partial charge in [-0.2, -0.15) is 18.3 Å². The van der Waals surface area contributed by atoms with Crippen molar-refractivity contribution >= 4 is 46.4 Å². The molecule has 0 spiro atoms. The molecule has 196 valence electrons. The Kier molecular flexibility index (Phi) is 8.42. The number of halogens is 3. The van der Waals surface area contributed by atoms with Crippen molar-refractivity contribution in [2.24, 2.45) is 5.10 Å². The second-order valence-electron chi connectivity index (χ2n) is 8.20. The Balaban J connectivity index is 1.30. The van der Waals surface area contributed by atoms with Crippen LogP contribution in [0, 0.1) is 0 Å². The normalized spacial score (nSPS) is 15.8. The molecule has 0 aliphatic carbocycles. The number of carbonyl (C=O) groups is 3. The van der Waals surface area contributed by atoms with Gasteiger partial charge in [0.15, 0.2) is 5.78 Å². The number of alkyl halides is 3. The molecule has 3 aromatic rings. The highest BCUT2D eigenvalue weighted by atomic mass is 32.2. The van der Waals surface area contributed by atoms with E-state index in [-0.39, 0.29) is 27.9 Å². The fourth-order valence-electron chi connectivity index (χ4n) is 3.53. The van der Waals surface area contributed by atoms with Gasteiger partial charge in [-0.05, 0) is 66.3 Å². The smallest absolute Gasteiger partial charge is 0.351 e. The van der Waals surface area contributed by atoms with Crippen molar-refractivity contribution in [1.82, 2.24) is 15.7 Å². The Hall–Kier alpha value is -3.77. The topological polar surface area (TPSA) is 101 Å². The van der Waals surface area contributed by atoms with Gasteiger partial charge in [0, 0.05) is 24.5 Å². The van der Waals surface area contributed by atoms with Gasteiger partial charge in [0.2, 0.25) is 0 Å². The lowest BCUT2D eigenvalue weighted by molar-refractivity contribution is -0.137. The van der Waals surface area contributed by atoms with Crippen LogP contribution in [0.25, 0.3) is 0 Å². The summed E-state index contributed by atoms with van der Waals surface area (Å²) in [7, 11) is 0. The van der Waals surface area contributed by atoms with E-state index in [1.54, 1.807) is 30.8 Å². The fourth-order valence-corrected chi connectivity index (χ4v) is 5.46. The summed E-state index contributed by atoms with van der Waals surface area (Å²) in [5, 5.41) is 7.71.